The SMILES string of the molecule is N#C/C(=C\c1ccc(OS(=O)(=O)c2ccc([N+](=O)[O-])cc2)cc1)C(=O)Nc1cc(Cl)cc(Cl)c1. The number of carbonyl (C=O) groups is 1. The van der Waals surface area contributed by atoms with Crippen molar-refractivity contribution < 1.29 is 22.3 Å². The van der Waals surface area contributed by atoms with E-state index in [0.717, 1.165) is 24.3 Å². The fourth-order valence-corrected chi connectivity index (χ4v) is 4.12. The number of nitro benzene ring substituents is 1. The Labute approximate surface area is 204 Å². The van der Waals surface area contributed by atoms with Gasteiger partial charge in [-0.05, 0) is 54.1 Å². The van der Waals surface area contributed by atoms with Gasteiger partial charge in [-0.15, -0.1) is 0 Å². The summed E-state index contributed by atoms with van der Waals surface area (Å²) in [6.07, 6.45) is 1.30. The molecular weight excluding hydrogens is 505 g/mol. The van der Waals surface area contributed by atoms with Gasteiger partial charge >= 0.3 is 10.1 Å². The third kappa shape index (κ3) is 6.32. The molecule has 0 heterocycles. The monoisotopic (exact) mass is 517 g/mol. The van der Waals surface area contributed by atoms with Crippen LogP contribution in [-0.2, 0) is 14.9 Å². The van der Waals surface area contributed by atoms with Crippen LogP contribution in [0.2, 0.25) is 10.0 Å². The highest BCUT2D eigenvalue weighted by Crippen LogP contribution is 2.24. The summed E-state index contributed by atoms with van der Waals surface area (Å²) in [5.41, 5.74) is 0.258. The van der Waals surface area contributed by atoms with E-state index in [1.54, 1.807) is 6.07 Å². The molecule has 34 heavy (non-hydrogen) atoms. The van der Waals surface area contributed by atoms with Crippen LogP contribution in [0.4, 0.5) is 11.4 Å². The van der Waals surface area contributed by atoms with Gasteiger partial charge in [0, 0.05) is 27.9 Å². The lowest BCUT2D eigenvalue weighted by Crippen LogP contribution is -2.13. The smallest absolute Gasteiger partial charge is 0.339 e. The van der Waals surface area contributed by atoms with Crippen molar-refractivity contribution in [3.63, 3.8) is 0 Å². The lowest BCUT2D eigenvalue weighted by atomic mass is 10.1. The van der Waals surface area contributed by atoms with Gasteiger partial charge in [0.2, 0.25) is 0 Å². The molecule has 0 spiro atoms. The van der Waals surface area contributed by atoms with Crippen molar-refractivity contribution in [2.45, 2.75) is 4.90 Å². The Morgan fingerprint density at radius 3 is 2.15 bits per heavy atom. The van der Waals surface area contributed by atoms with E-state index in [0.29, 0.717) is 21.3 Å². The third-order valence-corrected chi connectivity index (χ3v) is 5.92. The molecular formula is C22H13Cl2N3O6S. The molecule has 0 aromatic heterocycles. The fraction of sp³-hybridized carbons (Fsp3) is 0. The zero-order valence-corrected chi connectivity index (χ0v) is 19.3. The number of amides is 1. The highest BCUT2D eigenvalue weighted by Gasteiger charge is 2.18. The summed E-state index contributed by atoms with van der Waals surface area (Å²) in [7, 11) is -4.23. The largest absolute Gasteiger partial charge is 0.379 e. The third-order valence-electron chi connectivity index (χ3n) is 4.22. The Morgan fingerprint density at radius 1 is 1.03 bits per heavy atom. The van der Waals surface area contributed by atoms with Crippen molar-refractivity contribution in [3.8, 4) is 11.8 Å². The number of nitro groups is 1. The first-order chi connectivity index (χ1) is 16.1. The van der Waals surface area contributed by atoms with Crippen LogP contribution in [0.15, 0.2) is 77.2 Å². The number of anilines is 1. The average Bonchev–Trinajstić information content (AvgIpc) is 2.77. The van der Waals surface area contributed by atoms with Gasteiger partial charge in [0.1, 0.15) is 22.3 Å². The number of hydrogen-bond donors (Lipinski definition) is 1. The molecule has 3 aromatic carbocycles. The predicted molar refractivity (Wildman–Crippen MR) is 126 cm³/mol. The molecule has 0 aliphatic carbocycles. The second-order valence-corrected chi connectivity index (χ2v) is 9.06. The van der Waals surface area contributed by atoms with Gasteiger partial charge in [0.05, 0.1) is 4.92 Å². The van der Waals surface area contributed by atoms with E-state index in [1.807, 2.05) is 0 Å². The van der Waals surface area contributed by atoms with E-state index < -0.39 is 20.9 Å². The first-order valence-electron chi connectivity index (χ1n) is 9.25. The van der Waals surface area contributed by atoms with Gasteiger partial charge in [-0.25, -0.2) is 0 Å². The summed E-state index contributed by atoms with van der Waals surface area (Å²) in [4.78, 5) is 22.2. The summed E-state index contributed by atoms with van der Waals surface area (Å²) in [5.74, 6) is -0.728. The summed E-state index contributed by atoms with van der Waals surface area (Å²) >= 11 is 11.8. The molecule has 0 aliphatic heterocycles. The number of rotatable bonds is 7. The molecule has 0 saturated carbocycles. The first kappa shape index (κ1) is 24.7. The minimum absolute atomic E-state index is 0.0352. The van der Waals surface area contributed by atoms with Crippen molar-refractivity contribution >= 4 is 56.7 Å². The highest BCUT2D eigenvalue weighted by molar-refractivity contribution is 7.87. The van der Waals surface area contributed by atoms with Crippen LogP contribution >= 0.6 is 23.2 Å². The van der Waals surface area contributed by atoms with E-state index in [2.05, 4.69) is 5.32 Å². The molecule has 172 valence electrons. The van der Waals surface area contributed by atoms with Crippen molar-refractivity contribution in [3.05, 3.63) is 98.0 Å². The molecule has 3 rings (SSSR count). The molecule has 0 bridgehead atoms. The van der Waals surface area contributed by atoms with E-state index in [-0.39, 0.29) is 21.9 Å². The van der Waals surface area contributed by atoms with Crippen LogP contribution in [0.5, 0.6) is 5.75 Å². The number of non-ortho nitro benzene ring substituents is 1. The first-order valence-corrected chi connectivity index (χ1v) is 11.4. The van der Waals surface area contributed by atoms with E-state index in [9.17, 15) is 28.6 Å². The van der Waals surface area contributed by atoms with Gasteiger partial charge in [-0.2, -0.15) is 13.7 Å². The van der Waals surface area contributed by atoms with Crippen LogP contribution in [0.1, 0.15) is 5.56 Å². The van der Waals surface area contributed by atoms with Crippen molar-refractivity contribution in [1.29, 1.82) is 5.26 Å². The maximum atomic E-state index is 12.4. The number of halogens is 2. The number of hydrogen-bond acceptors (Lipinski definition) is 7. The topological polar surface area (TPSA) is 139 Å². The number of nitrogens with one attached hydrogen (secondary N) is 1. The summed E-state index contributed by atoms with van der Waals surface area (Å²) in [6.45, 7) is 0. The second kappa shape index (κ2) is 10.4. The van der Waals surface area contributed by atoms with E-state index in [4.69, 9.17) is 27.4 Å². The second-order valence-electron chi connectivity index (χ2n) is 6.64. The van der Waals surface area contributed by atoms with Crippen LogP contribution in [-0.4, -0.2) is 19.2 Å². The summed E-state index contributed by atoms with van der Waals surface area (Å²) in [5, 5.41) is 23.2. The minimum atomic E-state index is -4.23. The molecule has 3 aromatic rings. The van der Waals surface area contributed by atoms with Gasteiger partial charge in [-0.3, -0.25) is 14.9 Å². The summed E-state index contributed by atoms with van der Waals surface area (Å²) < 4.78 is 29.8. The molecule has 0 atom stereocenters. The van der Waals surface area contributed by atoms with Crippen LogP contribution in [0.25, 0.3) is 6.08 Å². The van der Waals surface area contributed by atoms with E-state index in [1.165, 1.54) is 48.5 Å². The molecule has 0 saturated heterocycles. The highest BCUT2D eigenvalue weighted by atomic mass is 35.5. The van der Waals surface area contributed by atoms with Gasteiger partial charge in [-0.1, -0.05) is 35.3 Å². The number of benzene rings is 3. The van der Waals surface area contributed by atoms with Crippen molar-refractivity contribution in [2.75, 3.05) is 5.32 Å². The number of carbonyl (C=O) groups excluding carboxylic acids is 1. The standard InChI is InChI=1S/C22H13Cl2N3O6S/c23-16-10-17(24)12-18(11-16)26-22(28)15(13-25)9-14-1-5-20(6-2-14)33-34(31,32)21-7-3-19(4-8-21)27(29)30/h1-12H,(H,26,28)/b15-9+. The fourth-order valence-electron chi connectivity index (χ4n) is 2.67. The van der Waals surface area contributed by atoms with Crippen molar-refractivity contribution in [2.24, 2.45) is 0 Å². The number of nitrogens with zero attached hydrogens (tertiary/aromatic N) is 2. The van der Waals surface area contributed by atoms with Gasteiger partial charge < -0.3 is 9.50 Å². The predicted octanol–water partition coefficient (Wildman–Crippen LogP) is 5.21. The number of nitriles is 1. The molecule has 1 amide bonds. The Hall–Kier alpha value is -3.91. The lowest BCUT2D eigenvalue weighted by Gasteiger charge is -2.08. The maximum absolute atomic E-state index is 12.4. The van der Waals surface area contributed by atoms with Crippen molar-refractivity contribution in [1.82, 2.24) is 0 Å². The normalized spacial score (nSPS) is 11.4. The molecule has 1 N–H and O–H groups in total. The zero-order chi connectivity index (χ0) is 24.9. The Bertz CT molecular complexity index is 1410. The van der Waals surface area contributed by atoms with E-state index >= 15 is 0 Å². The Kier molecular flexibility index (Phi) is 7.53. The average molecular weight is 518 g/mol. The summed E-state index contributed by atoms with van der Waals surface area (Å²) in [6, 6.07) is 16.0. The van der Waals surface area contributed by atoms with Gasteiger partial charge in [0.25, 0.3) is 11.6 Å². The molecule has 0 unspecified atom stereocenters. The molecule has 0 fully saturated rings. The Morgan fingerprint density at radius 2 is 1.62 bits per heavy atom. The zero-order valence-electron chi connectivity index (χ0n) is 16.9. The maximum Gasteiger partial charge on any atom is 0.339 e. The molecule has 0 radical (unpaired) electrons. The molecule has 0 aliphatic rings. The molecule has 9 nitrogen and oxygen atoms in total. The lowest BCUT2D eigenvalue weighted by molar-refractivity contribution is -0.384. The minimum Gasteiger partial charge on any atom is -0.379 e. The quantitative estimate of drug-likeness (QED) is 0.149. The molecule has 12 heteroatoms. The van der Waals surface area contributed by atoms with Crippen LogP contribution in [0, 0.1) is 21.4 Å². The Balaban J connectivity index is 1.73. The van der Waals surface area contributed by atoms with Gasteiger partial charge in [0.15, 0.2) is 0 Å². The van der Waals surface area contributed by atoms with Crippen LogP contribution in [0.3, 0.4) is 0 Å². The van der Waals surface area contributed by atoms with Crippen LogP contribution < -0.4 is 9.50 Å².